The molecule has 22 heteroatoms. The third-order valence-corrected chi connectivity index (χ3v) is 10.8. The van der Waals surface area contributed by atoms with E-state index in [2.05, 4.69) is 57.0 Å². The number of aromatic nitrogens is 10. The summed E-state index contributed by atoms with van der Waals surface area (Å²) in [7, 11) is -3.53. The van der Waals surface area contributed by atoms with E-state index in [4.69, 9.17) is 17.4 Å². The van der Waals surface area contributed by atoms with Crippen molar-refractivity contribution in [3.05, 3.63) is 53.3 Å². The van der Waals surface area contributed by atoms with Gasteiger partial charge in [-0.2, -0.15) is 0 Å². The molecular weight excluding hydrogens is 724 g/mol. The number of fused-ring (bicyclic) bond motifs is 2. The summed E-state index contributed by atoms with van der Waals surface area (Å²) in [5.74, 6) is 14.1. The molecule has 6 aromatic heterocycles. The zero-order valence-electron chi connectivity index (χ0n) is 27.9. The Morgan fingerprint density at radius 3 is 1.53 bits per heavy atom. The van der Waals surface area contributed by atoms with Gasteiger partial charge in [0.05, 0.1) is 23.9 Å². The molecule has 0 aliphatic carbocycles. The molecule has 9 N–H and O–H groups in total. The Labute approximate surface area is 299 Å². The normalized spacial score (nSPS) is 11.1. The second-order valence-corrected chi connectivity index (χ2v) is 15.2. The van der Waals surface area contributed by atoms with E-state index in [1.165, 1.54) is 12.4 Å². The summed E-state index contributed by atoms with van der Waals surface area (Å²) in [6.07, 6.45) is 5.92. The lowest BCUT2D eigenvalue weighted by atomic mass is 10.3. The van der Waals surface area contributed by atoms with Crippen LogP contribution in [0.3, 0.4) is 0 Å². The first-order valence-electron chi connectivity index (χ1n) is 14.4. The van der Waals surface area contributed by atoms with Crippen molar-refractivity contribution in [3.63, 3.8) is 0 Å². The Bertz CT molecular complexity index is 2380. The van der Waals surface area contributed by atoms with Crippen molar-refractivity contribution in [3.8, 4) is 23.0 Å². The number of halogens is 1. The summed E-state index contributed by atoms with van der Waals surface area (Å²) in [5, 5.41) is -0.0359. The van der Waals surface area contributed by atoms with Crippen molar-refractivity contribution in [1.82, 2.24) is 49.0 Å². The summed E-state index contributed by atoms with van der Waals surface area (Å²) in [5.41, 5.74) is 7.22. The molecule has 51 heavy (non-hydrogen) atoms. The average molecular weight is 765 g/mol. The molecule has 0 bridgehead atoms. The van der Waals surface area contributed by atoms with Gasteiger partial charge in [0, 0.05) is 26.5 Å². The molecule has 0 saturated heterocycles. The minimum Gasteiger partial charge on any atom is -0.412 e. The fraction of sp³-hybridized carbons (Fsp3) is 0.310. The van der Waals surface area contributed by atoms with Crippen LogP contribution in [0.25, 0.3) is 45.4 Å². The SMILES string of the molecule is C.CCS(=O)(=O)c1cnc(Cl)nc1-c1nc2cc(C)cnc2n1C.CCS(=O)(=O)c1cnc(NN)nc1-c1nc2cc(C)cnc2n1C.NN.O. The van der Waals surface area contributed by atoms with Crippen molar-refractivity contribution >= 4 is 59.6 Å². The third-order valence-electron chi connectivity index (χ3n) is 7.16. The van der Waals surface area contributed by atoms with Crippen molar-refractivity contribution < 1.29 is 22.3 Å². The number of pyridine rings is 2. The second kappa shape index (κ2) is 17.0. The van der Waals surface area contributed by atoms with E-state index < -0.39 is 19.7 Å². The molecule has 0 atom stereocenters. The number of rotatable bonds is 7. The number of nitrogens with zero attached hydrogens (tertiary/aromatic N) is 10. The van der Waals surface area contributed by atoms with Crippen LogP contribution in [0.4, 0.5) is 5.95 Å². The number of imidazole rings is 2. The molecule has 0 saturated carbocycles. The zero-order chi connectivity index (χ0) is 36.3. The highest BCUT2D eigenvalue weighted by atomic mass is 35.5. The molecule has 0 aromatic carbocycles. The van der Waals surface area contributed by atoms with Gasteiger partial charge in [0.2, 0.25) is 11.2 Å². The smallest absolute Gasteiger partial charge is 0.237 e. The van der Waals surface area contributed by atoms with Crippen LogP contribution in [0.2, 0.25) is 5.28 Å². The molecule has 6 rings (SSSR count). The molecule has 0 radical (unpaired) electrons. The molecule has 0 unspecified atom stereocenters. The summed E-state index contributed by atoms with van der Waals surface area (Å²) >= 11 is 5.87. The van der Waals surface area contributed by atoms with Crippen molar-refractivity contribution in [2.45, 2.75) is 44.9 Å². The molecule has 0 aliphatic rings. The van der Waals surface area contributed by atoms with E-state index in [1.54, 1.807) is 49.5 Å². The van der Waals surface area contributed by atoms with Gasteiger partial charge < -0.3 is 14.6 Å². The number of nitrogens with two attached hydrogens (primary N) is 3. The maximum atomic E-state index is 12.4. The van der Waals surface area contributed by atoms with Gasteiger partial charge in [0.15, 0.2) is 42.6 Å². The lowest BCUT2D eigenvalue weighted by Crippen LogP contribution is -2.14. The fourth-order valence-electron chi connectivity index (χ4n) is 4.65. The van der Waals surface area contributed by atoms with E-state index in [0.29, 0.717) is 34.0 Å². The van der Waals surface area contributed by atoms with Gasteiger partial charge in [-0.05, 0) is 48.7 Å². The molecule has 19 nitrogen and oxygen atoms in total. The van der Waals surface area contributed by atoms with Gasteiger partial charge in [-0.3, -0.25) is 17.1 Å². The summed E-state index contributed by atoms with van der Waals surface area (Å²) in [6, 6.07) is 3.76. The molecule has 6 aromatic rings. The first-order valence-corrected chi connectivity index (χ1v) is 18.1. The first kappa shape index (κ1) is 42.4. The molecule has 0 spiro atoms. The maximum absolute atomic E-state index is 12.4. The lowest BCUT2D eigenvalue weighted by molar-refractivity contribution is 0.595. The number of hydrogen-bond acceptors (Lipinski definition) is 16. The van der Waals surface area contributed by atoms with Crippen LogP contribution in [0.1, 0.15) is 32.4 Å². The minimum absolute atomic E-state index is 0. The Hall–Kier alpha value is -4.77. The largest absolute Gasteiger partial charge is 0.412 e. The zero-order valence-corrected chi connectivity index (χ0v) is 30.3. The van der Waals surface area contributed by atoms with E-state index in [-0.39, 0.29) is 56.8 Å². The molecular formula is C29H41ClN14O5S2. The molecule has 0 aliphatic heterocycles. The van der Waals surface area contributed by atoms with Crippen LogP contribution < -0.4 is 23.0 Å². The minimum atomic E-state index is -3.53. The highest BCUT2D eigenvalue weighted by Gasteiger charge is 2.26. The number of hydrazine groups is 2. The highest BCUT2D eigenvalue weighted by molar-refractivity contribution is 7.91. The van der Waals surface area contributed by atoms with Crippen molar-refractivity contribution in [2.75, 3.05) is 16.9 Å². The van der Waals surface area contributed by atoms with Crippen LogP contribution in [0.15, 0.2) is 46.7 Å². The summed E-state index contributed by atoms with van der Waals surface area (Å²) < 4.78 is 52.8. The fourth-order valence-corrected chi connectivity index (χ4v) is 6.70. The number of sulfone groups is 2. The van der Waals surface area contributed by atoms with Crippen LogP contribution in [-0.2, 0) is 33.8 Å². The van der Waals surface area contributed by atoms with Crippen LogP contribution in [0, 0.1) is 13.8 Å². The maximum Gasteiger partial charge on any atom is 0.237 e. The van der Waals surface area contributed by atoms with Gasteiger partial charge in [-0.25, -0.2) is 62.6 Å². The summed E-state index contributed by atoms with van der Waals surface area (Å²) in [6.45, 7) is 6.95. The number of nitrogens with one attached hydrogen (secondary N) is 1. The van der Waals surface area contributed by atoms with Gasteiger partial charge in [0.1, 0.15) is 32.2 Å². The van der Waals surface area contributed by atoms with E-state index in [1.807, 2.05) is 26.0 Å². The number of nitrogen functional groups attached to an aromatic ring is 1. The van der Waals surface area contributed by atoms with Crippen LogP contribution in [0.5, 0.6) is 0 Å². The number of hydrogen-bond donors (Lipinski definition) is 4. The van der Waals surface area contributed by atoms with E-state index in [9.17, 15) is 16.8 Å². The van der Waals surface area contributed by atoms with Crippen molar-refractivity contribution in [1.29, 1.82) is 0 Å². The third kappa shape index (κ3) is 8.58. The lowest BCUT2D eigenvalue weighted by Gasteiger charge is -2.09. The molecule has 0 fully saturated rings. The van der Waals surface area contributed by atoms with Gasteiger partial charge in [-0.15, -0.1) is 0 Å². The van der Waals surface area contributed by atoms with Gasteiger partial charge >= 0.3 is 0 Å². The predicted molar refractivity (Wildman–Crippen MR) is 196 cm³/mol. The first-order chi connectivity index (χ1) is 23.2. The van der Waals surface area contributed by atoms with E-state index >= 15 is 0 Å². The Morgan fingerprint density at radius 1 is 0.706 bits per heavy atom. The van der Waals surface area contributed by atoms with E-state index in [0.717, 1.165) is 11.1 Å². The molecule has 0 amide bonds. The standard InChI is InChI=1S/C14H14ClN5O2S.C14H17N7O2S.CH4.H4N2.H2O/c1-4-23(21,22)10-7-17-14(15)19-11(10)13-18-9-5-8(2)6-16-12(9)20(13)3;1-4-24(22,23)10-7-17-14(20-15)19-11(10)13-18-9-5-8(2)6-16-12(9)21(13)3;;1-2;/h5-7H,4H2,1-3H3;5-7H,4,15H2,1-3H3,(H,17,19,20);1H4;1-2H2;1H2. The number of aryl methyl sites for hydroxylation is 4. The average Bonchev–Trinajstić information content (AvgIpc) is 3.60. The molecule has 6 heterocycles. The molecule has 276 valence electrons. The van der Waals surface area contributed by atoms with Gasteiger partial charge in [-0.1, -0.05) is 21.3 Å². The Kier molecular flexibility index (Phi) is 14.1. The Balaban J connectivity index is 0.000000325. The van der Waals surface area contributed by atoms with Crippen LogP contribution >= 0.6 is 11.6 Å². The van der Waals surface area contributed by atoms with Crippen molar-refractivity contribution in [2.24, 2.45) is 31.6 Å². The van der Waals surface area contributed by atoms with Crippen LogP contribution in [-0.4, -0.2) is 82.8 Å². The quantitative estimate of drug-likeness (QED) is 0.102. The van der Waals surface area contributed by atoms with Gasteiger partial charge in [0.25, 0.3) is 0 Å². The second-order valence-electron chi connectivity index (χ2n) is 10.4. The summed E-state index contributed by atoms with van der Waals surface area (Å²) in [4.78, 5) is 33.7. The number of anilines is 1. The Morgan fingerprint density at radius 2 is 1.12 bits per heavy atom. The topological polar surface area (TPSA) is 303 Å². The highest BCUT2D eigenvalue weighted by Crippen LogP contribution is 2.30. The predicted octanol–water partition coefficient (Wildman–Crippen LogP) is 1.62. The monoisotopic (exact) mass is 764 g/mol.